The van der Waals surface area contributed by atoms with Gasteiger partial charge in [-0.3, -0.25) is 0 Å². The van der Waals surface area contributed by atoms with Gasteiger partial charge in [0.1, 0.15) is 17.4 Å². The second-order valence-corrected chi connectivity index (χ2v) is 3.59. The lowest BCUT2D eigenvalue weighted by molar-refractivity contribution is -0.0502. The van der Waals surface area contributed by atoms with E-state index in [1.807, 2.05) is 0 Å². The summed E-state index contributed by atoms with van der Waals surface area (Å²) in [6, 6.07) is 4.04. The van der Waals surface area contributed by atoms with E-state index >= 15 is 0 Å². The topological polar surface area (TPSA) is 59.3 Å². The number of benzene rings is 1. The number of carbonyl (C=O) groups excluding carboxylic acids is 1. The second kappa shape index (κ2) is 6.21. The van der Waals surface area contributed by atoms with Crippen molar-refractivity contribution in [3.05, 3.63) is 23.3 Å². The largest absolute Gasteiger partial charge is 0.462 e. The second-order valence-electron chi connectivity index (χ2n) is 3.08. The average molecular weight is 273 g/mol. The quantitative estimate of drug-likeness (QED) is 0.676. The van der Waals surface area contributed by atoms with Crippen LogP contribution in [-0.2, 0) is 4.74 Å². The minimum absolute atomic E-state index is 0.103. The molecule has 0 amide bonds. The van der Waals surface area contributed by atoms with Crippen LogP contribution in [0.2, 0.25) is 0 Å². The average Bonchev–Trinajstić information content (AvgIpc) is 2.27. The summed E-state index contributed by atoms with van der Waals surface area (Å²) in [6.45, 7) is -1.40. The molecule has 0 bridgehead atoms. The fraction of sp³-hybridized carbons (Fsp3) is 0.273. The van der Waals surface area contributed by atoms with Gasteiger partial charge in [-0.15, -0.1) is 12.6 Å². The minimum atomic E-state index is -3.10. The predicted octanol–water partition coefficient (Wildman–Crippen LogP) is 2.63. The van der Waals surface area contributed by atoms with Gasteiger partial charge in [-0.25, -0.2) is 4.79 Å². The Balaban J connectivity index is 3.29. The monoisotopic (exact) mass is 273 g/mol. The van der Waals surface area contributed by atoms with Gasteiger partial charge in [0, 0.05) is 4.90 Å². The van der Waals surface area contributed by atoms with Crippen LogP contribution in [0.25, 0.3) is 0 Å². The van der Waals surface area contributed by atoms with Gasteiger partial charge >= 0.3 is 12.6 Å². The van der Waals surface area contributed by atoms with Crippen molar-refractivity contribution in [3.63, 3.8) is 0 Å². The molecule has 0 fully saturated rings. The molecule has 0 aliphatic carbocycles. The van der Waals surface area contributed by atoms with Gasteiger partial charge in [0.25, 0.3) is 0 Å². The van der Waals surface area contributed by atoms with Crippen molar-refractivity contribution < 1.29 is 23.0 Å². The van der Waals surface area contributed by atoms with E-state index < -0.39 is 18.3 Å². The van der Waals surface area contributed by atoms with E-state index in [0.29, 0.717) is 0 Å². The van der Waals surface area contributed by atoms with Crippen LogP contribution in [0.15, 0.2) is 17.0 Å². The summed E-state index contributed by atoms with van der Waals surface area (Å²) < 4.78 is 33.2. The third-order valence-electron chi connectivity index (χ3n) is 1.91. The van der Waals surface area contributed by atoms with Gasteiger partial charge in [-0.05, 0) is 19.1 Å². The van der Waals surface area contributed by atoms with E-state index in [-0.39, 0.29) is 22.6 Å². The molecule has 0 saturated heterocycles. The van der Waals surface area contributed by atoms with Crippen molar-refractivity contribution in [2.75, 3.05) is 6.61 Å². The molecule has 1 aromatic carbocycles. The van der Waals surface area contributed by atoms with Crippen molar-refractivity contribution in [3.8, 4) is 11.8 Å². The number of hydrogen-bond donors (Lipinski definition) is 1. The number of alkyl halides is 2. The molecule has 7 heteroatoms. The van der Waals surface area contributed by atoms with Crippen molar-refractivity contribution in [2.24, 2.45) is 0 Å². The highest BCUT2D eigenvalue weighted by Gasteiger charge is 2.20. The van der Waals surface area contributed by atoms with Crippen LogP contribution in [0.3, 0.4) is 0 Å². The molecule has 4 nitrogen and oxygen atoms in total. The lowest BCUT2D eigenvalue weighted by Gasteiger charge is -2.10. The van der Waals surface area contributed by atoms with E-state index in [0.717, 1.165) is 6.07 Å². The summed E-state index contributed by atoms with van der Waals surface area (Å²) in [5.41, 5.74) is -0.450. The Morgan fingerprint density at radius 3 is 2.72 bits per heavy atom. The first-order chi connectivity index (χ1) is 8.49. The third kappa shape index (κ3) is 3.34. The van der Waals surface area contributed by atoms with Crippen LogP contribution in [0.5, 0.6) is 5.75 Å². The molecule has 1 aromatic rings. The van der Waals surface area contributed by atoms with Gasteiger partial charge < -0.3 is 9.47 Å². The SMILES string of the molecule is CCOC(=O)c1cc(S)cc(OC(F)F)c1C#N. The Bertz CT molecular complexity index is 500. The molecule has 0 unspecified atom stereocenters. The zero-order valence-electron chi connectivity index (χ0n) is 9.31. The van der Waals surface area contributed by atoms with Crippen LogP contribution in [0.1, 0.15) is 22.8 Å². The van der Waals surface area contributed by atoms with Crippen molar-refractivity contribution in [2.45, 2.75) is 18.4 Å². The number of rotatable bonds is 4. The molecule has 0 atom stereocenters. The Hall–Kier alpha value is -1.81. The first-order valence-corrected chi connectivity index (χ1v) is 5.33. The highest BCUT2D eigenvalue weighted by atomic mass is 32.1. The van der Waals surface area contributed by atoms with Crippen LogP contribution >= 0.6 is 12.6 Å². The number of nitriles is 1. The lowest BCUT2D eigenvalue weighted by atomic mass is 10.1. The zero-order valence-corrected chi connectivity index (χ0v) is 10.2. The van der Waals surface area contributed by atoms with Gasteiger partial charge in [-0.2, -0.15) is 14.0 Å². The van der Waals surface area contributed by atoms with E-state index in [9.17, 15) is 13.6 Å². The molecule has 18 heavy (non-hydrogen) atoms. The molecular formula is C11H9F2NO3S. The fourth-order valence-corrected chi connectivity index (χ4v) is 1.52. The summed E-state index contributed by atoms with van der Waals surface area (Å²) in [5.74, 6) is -1.19. The third-order valence-corrected chi connectivity index (χ3v) is 2.17. The first-order valence-electron chi connectivity index (χ1n) is 4.88. The van der Waals surface area contributed by atoms with Crippen molar-refractivity contribution >= 4 is 18.6 Å². The Kier molecular flexibility index (Phi) is 4.92. The molecule has 0 saturated carbocycles. The highest BCUT2D eigenvalue weighted by Crippen LogP contribution is 2.28. The predicted molar refractivity (Wildman–Crippen MR) is 61.0 cm³/mol. The van der Waals surface area contributed by atoms with Crippen molar-refractivity contribution in [1.82, 2.24) is 0 Å². The smallest absolute Gasteiger partial charge is 0.387 e. The number of carbonyl (C=O) groups is 1. The number of thiol groups is 1. The van der Waals surface area contributed by atoms with Crippen LogP contribution < -0.4 is 4.74 Å². The summed E-state index contributed by atoms with van der Waals surface area (Å²) in [5, 5.41) is 8.91. The number of ether oxygens (including phenoxy) is 2. The number of nitrogens with zero attached hydrogens (tertiary/aromatic N) is 1. The molecule has 0 radical (unpaired) electrons. The molecule has 1 rings (SSSR count). The highest BCUT2D eigenvalue weighted by molar-refractivity contribution is 7.80. The van der Waals surface area contributed by atoms with Crippen LogP contribution in [-0.4, -0.2) is 19.2 Å². The van der Waals surface area contributed by atoms with Gasteiger partial charge in [0.05, 0.1) is 12.2 Å². The van der Waals surface area contributed by atoms with Gasteiger partial charge in [-0.1, -0.05) is 0 Å². The van der Waals surface area contributed by atoms with E-state index in [2.05, 4.69) is 17.4 Å². The van der Waals surface area contributed by atoms with Crippen molar-refractivity contribution in [1.29, 1.82) is 5.26 Å². The summed E-state index contributed by atoms with van der Waals surface area (Å²) in [7, 11) is 0. The lowest BCUT2D eigenvalue weighted by Crippen LogP contribution is -2.10. The molecule has 0 aliphatic heterocycles. The maximum atomic E-state index is 12.2. The van der Waals surface area contributed by atoms with Gasteiger partial charge in [0.2, 0.25) is 0 Å². The minimum Gasteiger partial charge on any atom is -0.462 e. The molecule has 0 N–H and O–H groups in total. The molecular weight excluding hydrogens is 264 g/mol. The first kappa shape index (κ1) is 14.3. The van der Waals surface area contributed by atoms with E-state index in [1.165, 1.54) is 6.07 Å². The van der Waals surface area contributed by atoms with Crippen LogP contribution in [0, 0.1) is 11.3 Å². The summed E-state index contributed by atoms with van der Waals surface area (Å²) in [6.07, 6.45) is 0. The number of hydrogen-bond acceptors (Lipinski definition) is 5. The normalized spacial score (nSPS) is 10.0. The summed E-state index contributed by atoms with van der Waals surface area (Å²) >= 11 is 3.95. The molecule has 96 valence electrons. The molecule has 0 heterocycles. The fourth-order valence-electron chi connectivity index (χ4n) is 1.28. The maximum Gasteiger partial charge on any atom is 0.387 e. The molecule has 0 aromatic heterocycles. The number of halogens is 2. The standard InChI is InChI=1S/C11H9F2NO3S/c1-2-16-10(15)7-3-6(18)4-9(8(7)5-14)17-11(12)13/h3-4,11,18H,2H2,1H3. The zero-order chi connectivity index (χ0) is 13.7. The van der Waals surface area contributed by atoms with E-state index in [1.54, 1.807) is 13.0 Å². The molecule has 0 spiro atoms. The summed E-state index contributed by atoms with van der Waals surface area (Å²) in [4.78, 5) is 11.8. The Labute approximate surface area is 108 Å². The van der Waals surface area contributed by atoms with Crippen LogP contribution in [0.4, 0.5) is 8.78 Å². The Morgan fingerprint density at radius 1 is 1.56 bits per heavy atom. The van der Waals surface area contributed by atoms with Gasteiger partial charge in [0.15, 0.2) is 0 Å². The van der Waals surface area contributed by atoms with E-state index in [4.69, 9.17) is 10.00 Å². The molecule has 0 aliphatic rings. The maximum absolute atomic E-state index is 12.2. The Morgan fingerprint density at radius 2 is 2.22 bits per heavy atom. The number of esters is 1.